The molecule has 0 aromatic heterocycles. The summed E-state index contributed by atoms with van der Waals surface area (Å²) in [4.78, 5) is 26.4. The van der Waals surface area contributed by atoms with Crippen molar-refractivity contribution in [2.45, 2.75) is 13.5 Å². The van der Waals surface area contributed by atoms with Gasteiger partial charge < -0.3 is 4.74 Å². The van der Waals surface area contributed by atoms with Gasteiger partial charge in [0.2, 0.25) is 0 Å². The van der Waals surface area contributed by atoms with Crippen molar-refractivity contribution < 1.29 is 18.7 Å². The summed E-state index contributed by atoms with van der Waals surface area (Å²) in [5, 5.41) is -0.621. The number of hydrogen-bond donors (Lipinski definition) is 0. The Kier molecular flexibility index (Phi) is 6.11. The zero-order chi connectivity index (χ0) is 22.0. The lowest BCUT2D eigenvalue weighted by Gasteiger charge is -2.12. The quantitative estimate of drug-likeness (QED) is 0.408. The van der Waals surface area contributed by atoms with Crippen LogP contribution in [0.5, 0.6) is 5.75 Å². The molecule has 7 heteroatoms. The molecule has 0 bridgehead atoms. The van der Waals surface area contributed by atoms with Crippen molar-refractivity contribution in [2.24, 2.45) is 0 Å². The molecular formula is C24H17ClFNO3S. The van der Waals surface area contributed by atoms with E-state index in [1.54, 1.807) is 12.1 Å². The van der Waals surface area contributed by atoms with Gasteiger partial charge in [-0.3, -0.25) is 9.59 Å². The number of thioether (sulfide) groups is 1. The Morgan fingerprint density at radius 2 is 1.84 bits per heavy atom. The van der Waals surface area contributed by atoms with E-state index in [1.165, 1.54) is 17.7 Å². The Morgan fingerprint density at radius 3 is 2.58 bits per heavy atom. The molecule has 1 heterocycles. The first-order valence-corrected chi connectivity index (χ1v) is 10.6. The summed E-state index contributed by atoms with van der Waals surface area (Å²) in [5.74, 6) is -0.446. The van der Waals surface area contributed by atoms with Crippen LogP contribution < -0.4 is 9.64 Å². The van der Waals surface area contributed by atoms with Crippen LogP contribution in [-0.4, -0.2) is 11.1 Å². The molecule has 4 nitrogen and oxygen atoms in total. The van der Waals surface area contributed by atoms with E-state index in [9.17, 15) is 14.0 Å². The second-order valence-electron chi connectivity index (χ2n) is 6.96. The van der Waals surface area contributed by atoms with Crippen LogP contribution in [0.25, 0.3) is 6.08 Å². The average molecular weight is 454 g/mol. The van der Waals surface area contributed by atoms with Crippen molar-refractivity contribution in [3.8, 4) is 5.75 Å². The van der Waals surface area contributed by atoms with Crippen LogP contribution in [-0.2, 0) is 11.4 Å². The summed E-state index contributed by atoms with van der Waals surface area (Å²) in [7, 11) is 0. The highest BCUT2D eigenvalue weighted by atomic mass is 35.5. The van der Waals surface area contributed by atoms with Gasteiger partial charge in [0, 0.05) is 0 Å². The third kappa shape index (κ3) is 4.81. The Hall–Kier alpha value is -3.09. The van der Waals surface area contributed by atoms with Crippen LogP contribution in [0, 0.1) is 12.7 Å². The minimum Gasteiger partial charge on any atom is -0.489 e. The molecule has 1 aliphatic rings. The lowest BCUT2D eigenvalue weighted by molar-refractivity contribution is -0.113. The molecule has 0 atom stereocenters. The molecule has 0 N–H and O–H groups in total. The topological polar surface area (TPSA) is 46.6 Å². The Labute approximate surface area is 188 Å². The van der Waals surface area contributed by atoms with E-state index < -0.39 is 17.0 Å². The Balaban J connectivity index is 1.51. The van der Waals surface area contributed by atoms with E-state index in [1.807, 2.05) is 49.4 Å². The van der Waals surface area contributed by atoms with Gasteiger partial charge in [0.05, 0.1) is 15.6 Å². The van der Waals surface area contributed by atoms with Gasteiger partial charge in [-0.2, -0.15) is 0 Å². The molecule has 156 valence electrons. The van der Waals surface area contributed by atoms with Crippen molar-refractivity contribution in [1.29, 1.82) is 0 Å². The minimum absolute atomic E-state index is 0.154. The highest BCUT2D eigenvalue weighted by molar-refractivity contribution is 8.19. The van der Waals surface area contributed by atoms with E-state index >= 15 is 0 Å². The number of nitrogens with zero attached hydrogens (tertiary/aromatic N) is 1. The molecular weight excluding hydrogens is 437 g/mol. The maximum Gasteiger partial charge on any atom is 0.298 e. The number of hydrogen-bond acceptors (Lipinski definition) is 4. The molecule has 31 heavy (non-hydrogen) atoms. The average Bonchev–Trinajstić information content (AvgIpc) is 3.03. The van der Waals surface area contributed by atoms with E-state index in [-0.39, 0.29) is 15.6 Å². The van der Waals surface area contributed by atoms with Crippen LogP contribution in [0.1, 0.15) is 16.7 Å². The largest absolute Gasteiger partial charge is 0.489 e. The van der Waals surface area contributed by atoms with Gasteiger partial charge in [0.1, 0.15) is 18.2 Å². The predicted molar refractivity (Wildman–Crippen MR) is 122 cm³/mol. The van der Waals surface area contributed by atoms with Gasteiger partial charge in [-0.05, 0) is 66.2 Å². The van der Waals surface area contributed by atoms with Gasteiger partial charge >= 0.3 is 0 Å². The zero-order valence-electron chi connectivity index (χ0n) is 16.5. The van der Waals surface area contributed by atoms with Gasteiger partial charge in [-0.15, -0.1) is 0 Å². The van der Waals surface area contributed by atoms with Crippen LogP contribution in [0.3, 0.4) is 0 Å². The first-order chi connectivity index (χ1) is 14.9. The minimum atomic E-state index is -0.615. The summed E-state index contributed by atoms with van der Waals surface area (Å²) in [6.45, 7) is 2.45. The van der Waals surface area contributed by atoms with Crippen molar-refractivity contribution in [1.82, 2.24) is 0 Å². The highest BCUT2D eigenvalue weighted by Gasteiger charge is 2.36. The van der Waals surface area contributed by atoms with Crippen molar-refractivity contribution >= 4 is 46.3 Å². The SMILES string of the molecule is Cc1ccc(COc2cccc(/C=C3\SC(=O)N(c4ccc(F)c(Cl)c4)C3=O)c2)cc1. The molecule has 1 saturated heterocycles. The van der Waals surface area contributed by atoms with Crippen LogP contribution in [0.2, 0.25) is 5.02 Å². The van der Waals surface area contributed by atoms with E-state index in [4.69, 9.17) is 16.3 Å². The molecule has 0 aliphatic carbocycles. The summed E-state index contributed by atoms with van der Waals surface area (Å²) in [5.41, 5.74) is 3.19. The number of anilines is 1. The molecule has 0 unspecified atom stereocenters. The lowest BCUT2D eigenvalue weighted by Crippen LogP contribution is -2.27. The summed E-state index contributed by atoms with van der Waals surface area (Å²) >= 11 is 6.61. The fourth-order valence-corrected chi connectivity index (χ4v) is 4.03. The number of imide groups is 1. The van der Waals surface area contributed by atoms with Crippen LogP contribution in [0.4, 0.5) is 14.9 Å². The first kappa shape index (κ1) is 21.2. The summed E-state index contributed by atoms with van der Waals surface area (Å²) in [6, 6.07) is 19.1. The van der Waals surface area contributed by atoms with Gasteiger partial charge in [-0.25, -0.2) is 9.29 Å². The van der Waals surface area contributed by atoms with Crippen LogP contribution >= 0.6 is 23.4 Å². The molecule has 4 rings (SSSR count). The Bertz CT molecular complexity index is 1190. The van der Waals surface area contributed by atoms with Crippen molar-refractivity contribution in [3.05, 3.63) is 99.2 Å². The second-order valence-corrected chi connectivity index (χ2v) is 8.36. The smallest absolute Gasteiger partial charge is 0.298 e. The summed E-state index contributed by atoms with van der Waals surface area (Å²) < 4.78 is 19.3. The number of carbonyl (C=O) groups is 2. The number of aryl methyl sites for hydroxylation is 1. The maximum absolute atomic E-state index is 13.4. The highest BCUT2D eigenvalue weighted by Crippen LogP contribution is 2.37. The zero-order valence-corrected chi connectivity index (χ0v) is 18.0. The molecule has 3 aromatic carbocycles. The number of amides is 2. The third-order valence-corrected chi connectivity index (χ3v) is 5.80. The Morgan fingerprint density at radius 1 is 1.06 bits per heavy atom. The molecule has 0 saturated carbocycles. The first-order valence-electron chi connectivity index (χ1n) is 9.42. The standard InChI is InChI=1S/C24H17ClFNO3S/c1-15-5-7-16(8-6-15)14-30-19-4-2-3-17(11-19)12-22-23(28)27(24(29)31-22)18-9-10-21(26)20(25)13-18/h2-13H,14H2,1H3/b22-12-. The van der Waals surface area contributed by atoms with Gasteiger partial charge in [-0.1, -0.05) is 53.6 Å². The predicted octanol–water partition coefficient (Wildman–Crippen LogP) is 6.61. The maximum atomic E-state index is 13.4. The molecule has 1 fully saturated rings. The molecule has 1 aliphatic heterocycles. The fourth-order valence-electron chi connectivity index (χ4n) is 3.01. The number of halogens is 2. The second kappa shape index (κ2) is 8.96. The number of rotatable bonds is 5. The van der Waals surface area contributed by atoms with Gasteiger partial charge in [0.15, 0.2) is 0 Å². The van der Waals surface area contributed by atoms with Crippen LogP contribution in [0.15, 0.2) is 71.6 Å². The molecule has 2 amide bonds. The van der Waals surface area contributed by atoms with E-state index in [2.05, 4.69) is 0 Å². The van der Waals surface area contributed by atoms with E-state index in [0.717, 1.165) is 33.9 Å². The monoisotopic (exact) mass is 453 g/mol. The van der Waals surface area contributed by atoms with Gasteiger partial charge in [0.25, 0.3) is 11.1 Å². The number of ether oxygens (including phenoxy) is 1. The van der Waals surface area contributed by atoms with E-state index in [0.29, 0.717) is 12.4 Å². The fraction of sp³-hybridized carbons (Fsp3) is 0.0833. The van der Waals surface area contributed by atoms with Crippen molar-refractivity contribution in [2.75, 3.05) is 4.90 Å². The van der Waals surface area contributed by atoms with Crippen molar-refractivity contribution in [3.63, 3.8) is 0 Å². The lowest BCUT2D eigenvalue weighted by atomic mass is 10.1. The normalized spacial score (nSPS) is 15.1. The summed E-state index contributed by atoms with van der Waals surface area (Å²) in [6.07, 6.45) is 1.63. The molecule has 0 radical (unpaired) electrons. The third-order valence-electron chi connectivity index (χ3n) is 4.64. The number of carbonyl (C=O) groups excluding carboxylic acids is 2. The molecule has 3 aromatic rings. The number of benzene rings is 3. The molecule has 0 spiro atoms.